The van der Waals surface area contributed by atoms with Crippen LogP contribution in [-0.4, -0.2) is 185 Å². The molecule has 5 aliphatic rings. The first-order valence-electron chi connectivity index (χ1n) is 45.8. The van der Waals surface area contributed by atoms with Crippen LogP contribution in [0.15, 0.2) is 121 Å². The summed E-state index contributed by atoms with van der Waals surface area (Å²) in [6.45, 7) is 33.2. The van der Waals surface area contributed by atoms with Gasteiger partial charge in [-0.3, -0.25) is 28.5 Å². The number of Topliss-reactive ketones (excluding diaryl/α,β-unsaturated/α-hetero) is 1. The molecular weight excluding hydrogens is 2080 g/mol. The van der Waals surface area contributed by atoms with Crippen LogP contribution in [0.4, 0.5) is 65.1 Å². The molecule has 29 nitrogen and oxygen atoms in total. The molecule has 19 rings (SSSR count). The van der Waals surface area contributed by atoms with Crippen molar-refractivity contribution in [3.8, 4) is 48.4 Å². The lowest BCUT2D eigenvalue weighted by molar-refractivity contribution is -0.672. The number of carboxylic acid groups (broad SMARTS) is 2. The van der Waals surface area contributed by atoms with E-state index in [4.69, 9.17) is 66.3 Å². The van der Waals surface area contributed by atoms with Crippen LogP contribution in [-0.2, 0) is 101 Å². The fourth-order valence-electron chi connectivity index (χ4n) is 15.0. The van der Waals surface area contributed by atoms with Crippen LogP contribution in [0.1, 0.15) is 180 Å². The first kappa shape index (κ1) is 118. The fourth-order valence-corrected chi connectivity index (χ4v) is 25.4. The molecule has 8 N–H and O–H groups in total. The van der Waals surface area contributed by atoms with Crippen molar-refractivity contribution in [2.45, 2.75) is 226 Å². The van der Waals surface area contributed by atoms with E-state index in [1.54, 1.807) is 119 Å². The Morgan fingerprint density at radius 2 is 0.769 bits per heavy atom. The number of nitriles is 1. The molecule has 0 atom stereocenters. The van der Waals surface area contributed by atoms with Gasteiger partial charge < -0.3 is 70.9 Å². The molecule has 147 heavy (non-hydrogen) atoms. The van der Waals surface area contributed by atoms with E-state index >= 15 is 0 Å². The molecule has 14 aromatic rings. The number of ether oxygens (including phenoxy) is 3. The summed E-state index contributed by atoms with van der Waals surface area (Å²) in [4.78, 5) is 136. The second-order valence-electron chi connectivity index (χ2n) is 36.0. The Morgan fingerprint density at radius 1 is 0.469 bits per heavy atom. The van der Waals surface area contributed by atoms with Crippen molar-refractivity contribution >= 4 is 227 Å². The van der Waals surface area contributed by atoms with Crippen molar-refractivity contribution in [3.63, 3.8) is 0 Å². The van der Waals surface area contributed by atoms with Crippen molar-refractivity contribution in [1.82, 2.24) is 44.5 Å². The van der Waals surface area contributed by atoms with Crippen LogP contribution in [0.5, 0.6) is 0 Å². The number of thiazole rings is 5. The van der Waals surface area contributed by atoms with Crippen molar-refractivity contribution < 1.29 is 105 Å². The van der Waals surface area contributed by atoms with E-state index in [0.29, 0.717) is 71.0 Å². The Labute approximate surface area is 885 Å². The maximum Gasteiger partial charge on any atom is 0.490 e. The second kappa shape index (κ2) is 52.7. The summed E-state index contributed by atoms with van der Waals surface area (Å²) >= 11 is 14.8. The SMILES string of the molecule is C.C.C.CC(=O)Nc1sc2c(c1-c1nc3ccccc3s1)CCN(C(=O)OC(C)(C)C)C2.CC(=O)Nc1sc2c(c1-c1nc3ccccc3s1)CCN(C(C)C)C2.CC(=O)Nc1sc2c(c1-c1nc3ccccc3s1)CC[NH2+]C2.CC(C)(C)OC(=O)N1CCC(=O)CC1.CC(C)(C)OC(=O)N1CCc2c(sc(N)c2-c2nc3ccccc3s2)C1.N#CCc1nc2ccccc2s1.O=C(O)C(F)(F)F.O=C([O-])C(F)(F)F.[2H]CF. The summed E-state index contributed by atoms with van der Waals surface area (Å²) in [5.74, 6) is -5.70. The first-order chi connectivity index (χ1) is 68.4. The number of rotatable bonds is 9. The van der Waals surface area contributed by atoms with E-state index in [-0.39, 0.29) is 64.1 Å². The van der Waals surface area contributed by atoms with Gasteiger partial charge in [0.2, 0.25) is 17.7 Å². The number of hydrogen-bond acceptors (Lipinski definition) is 30. The predicted octanol–water partition coefficient (Wildman–Crippen LogP) is 23.9. The fraction of sp³-hybridized carbons (Fsp3) is 0.402. The zero-order valence-electron chi connectivity index (χ0n) is 82.1. The summed E-state index contributed by atoms with van der Waals surface area (Å²) in [6, 6.07) is 43.1. The van der Waals surface area contributed by atoms with Gasteiger partial charge in [0.05, 0.1) is 102 Å². The number of carbonyl (C=O) groups is 9. The number of quaternary nitrogens is 1. The van der Waals surface area contributed by atoms with Crippen LogP contribution >= 0.6 is 102 Å². The van der Waals surface area contributed by atoms with Crippen LogP contribution in [0.2, 0.25) is 0 Å². The van der Waals surface area contributed by atoms with Gasteiger partial charge in [0, 0.05) is 122 Å². The normalized spacial score (nSPS) is 13.7. The van der Waals surface area contributed by atoms with Crippen LogP contribution in [0.3, 0.4) is 0 Å². The molecule has 9 aromatic heterocycles. The van der Waals surface area contributed by atoms with Gasteiger partial charge >= 0.3 is 36.6 Å². The highest BCUT2D eigenvalue weighted by atomic mass is 32.1. The Bertz CT molecular complexity index is 6840. The van der Waals surface area contributed by atoms with E-state index in [2.05, 4.69) is 75.3 Å². The number of amides is 6. The molecule has 790 valence electrons. The average molecular weight is 2200 g/mol. The number of nitrogens with one attached hydrogen (secondary N) is 3. The van der Waals surface area contributed by atoms with Crippen molar-refractivity contribution in [3.05, 3.63) is 168 Å². The predicted molar refractivity (Wildman–Crippen MR) is 576 cm³/mol. The molecule has 0 bridgehead atoms. The number of anilines is 4. The topological polar surface area (TPSA) is 405 Å². The number of thiophene rings is 4. The third kappa shape index (κ3) is 33.2. The molecule has 0 spiro atoms. The van der Waals surface area contributed by atoms with Gasteiger partial charge in [0.1, 0.15) is 75.1 Å². The molecule has 1 fully saturated rings. The molecule has 5 aliphatic heterocycles. The largest absolute Gasteiger partial charge is 0.542 e. The summed E-state index contributed by atoms with van der Waals surface area (Å²) in [6.07, 6.45) is -6.31. The third-order valence-electron chi connectivity index (χ3n) is 21.2. The minimum Gasteiger partial charge on any atom is -0.542 e. The van der Waals surface area contributed by atoms with E-state index in [1.807, 2.05) is 159 Å². The van der Waals surface area contributed by atoms with Crippen LogP contribution in [0.25, 0.3) is 93.4 Å². The van der Waals surface area contributed by atoms with Gasteiger partial charge in [-0.25, -0.2) is 44.1 Å². The number of nitrogens with zero attached hydrogens (tertiary/aromatic N) is 10. The van der Waals surface area contributed by atoms with Crippen molar-refractivity contribution in [1.29, 1.82) is 5.26 Å². The number of hydrogen-bond donors (Lipinski definition) is 6. The van der Waals surface area contributed by atoms with Crippen molar-refractivity contribution in [2.24, 2.45) is 0 Å². The van der Waals surface area contributed by atoms with E-state index in [9.17, 15) is 64.3 Å². The maximum atomic E-state index is 12.5. The number of aromatic nitrogens is 5. The molecule has 0 aliphatic carbocycles. The Kier molecular flexibility index (Phi) is 42.4. The van der Waals surface area contributed by atoms with Crippen LogP contribution in [0, 0.1) is 11.3 Å². The number of likely N-dealkylation sites (tertiary alicyclic amines) is 1. The minimum absolute atomic E-state index is 0. The van der Waals surface area contributed by atoms with Gasteiger partial charge in [-0.05, 0) is 178 Å². The molecule has 1 saturated heterocycles. The van der Waals surface area contributed by atoms with Gasteiger partial charge in [-0.15, -0.1) is 102 Å². The Morgan fingerprint density at radius 3 is 1.10 bits per heavy atom. The smallest absolute Gasteiger partial charge is 0.490 e. The number of fused-ring (bicyclic) bond motifs is 9. The second-order valence-corrected chi connectivity index (χ2v) is 45.7. The number of ketones is 1. The lowest BCUT2D eigenvalue weighted by atomic mass is 10.0. The number of benzene rings is 5. The number of aliphatic carboxylic acids is 2. The summed E-state index contributed by atoms with van der Waals surface area (Å²) in [7, 11) is -1.00. The average Bonchev–Trinajstić information content (AvgIpc) is 1.62. The van der Waals surface area contributed by atoms with E-state index in [1.165, 1.54) is 54.1 Å². The lowest BCUT2D eigenvalue weighted by Gasteiger charge is -2.30. The number of piperidine rings is 1. The number of nitrogen functional groups attached to an aromatic ring is 1. The van der Waals surface area contributed by atoms with Gasteiger partial charge in [0.25, 0.3) is 0 Å². The number of carboxylic acids is 2. The number of para-hydroxylation sites is 5. The maximum absolute atomic E-state index is 12.5. The number of halogens is 7. The molecule has 6 amide bonds. The van der Waals surface area contributed by atoms with Gasteiger partial charge in [-0.2, -0.15) is 31.6 Å². The Balaban J connectivity index is 0.000000212. The molecule has 0 unspecified atom stereocenters. The molecule has 14 heterocycles. The summed E-state index contributed by atoms with van der Waals surface area (Å²) in [5.41, 5.74) is 19.3. The third-order valence-corrected chi connectivity index (χ3v) is 30.9. The molecular formula is C102H120F7N15O14S9. The van der Waals surface area contributed by atoms with Crippen molar-refractivity contribution in [2.75, 3.05) is 68.1 Å². The van der Waals surface area contributed by atoms with Crippen LogP contribution < -0.4 is 32.1 Å². The number of carbonyl (C=O) groups excluding carboxylic acids is 8. The highest BCUT2D eigenvalue weighted by Crippen LogP contribution is 2.50. The monoisotopic (exact) mass is 2200 g/mol. The number of alkyl halides is 7. The summed E-state index contributed by atoms with van der Waals surface area (Å²) in [5, 5.41) is 44.0. The quantitative estimate of drug-likeness (QED) is 0.0577. The molecule has 5 aromatic carbocycles. The van der Waals surface area contributed by atoms with Gasteiger partial charge in [-0.1, -0.05) is 82.9 Å². The molecule has 0 radical (unpaired) electrons. The standard InChI is InChI=1S/C21H23N3O3S2.C19H21N3O2S2.C19H21N3OS2.C16H15N3OS2.C10H17NO3.C9H6N2S.2C2HF3O2.CH3F.3CH4/c1-12(25)22-18-17(19-23-14-7-5-6-8-15(14)28-19)13-9-10-24(11-16(13)29-18)20(26)27-21(2,3)4;1-19(2,3)24-18(23)22-9-8-11-14(10-22)25-16(20)15(11)17-21-12-6-4-5-7-13(12)26-17;1-11(2)22-9-8-13-16(10-22)25-18(20-12(3)23)17(13)19-21-14-6-4-5-7-15(14)24-19;1-9(20)18-15-14(10-6-7-17-8-13(10)22-15)16-19-11-4-2-3-5-12(11)21-16;1-10(2,3)14-9(13)11-6-4-8(12)5-7-11;10-6-5-9-11-7-3-1-2-4-8(7)12-9;2*3-2(4,5)1(6)7;1-2;;;/h5-8H,9-11H2,1-4H3,(H,22,25);4-7H,8-10,20H2,1-3H3;4-7,11H,8-10H2,1-3H3,(H,20,23);2-5,17H,6-8H2,1H3,(H,18,20);4-7H2,1-3H3;1-4H,5H2;2*(H,6,7);1H3;3*1H4/i;;;;;;;;1D;;;. The zero-order chi connectivity index (χ0) is 106. The highest BCUT2D eigenvalue weighted by molar-refractivity contribution is 7.25. The molecule has 45 heteroatoms. The molecule has 0 saturated carbocycles. The lowest BCUT2D eigenvalue weighted by Crippen LogP contribution is -2.84. The summed E-state index contributed by atoms with van der Waals surface area (Å²) < 4.78 is 101. The van der Waals surface area contributed by atoms with E-state index in [0.717, 1.165) is 170 Å². The highest BCUT2D eigenvalue weighted by Gasteiger charge is 2.40. The van der Waals surface area contributed by atoms with E-state index < -0.39 is 48.2 Å². The zero-order valence-corrected chi connectivity index (χ0v) is 88.4. The number of nitrogens with two attached hydrogens (primary N) is 2. The minimum atomic E-state index is -5.19. The first-order valence-corrected chi connectivity index (χ1v) is 52.5. The van der Waals surface area contributed by atoms with Gasteiger partial charge in [0.15, 0.2) is 0 Å². The Hall–Kier alpha value is -12.1.